The topological polar surface area (TPSA) is 43.8 Å². The van der Waals surface area contributed by atoms with Crippen molar-refractivity contribution in [3.8, 4) is 5.69 Å². The van der Waals surface area contributed by atoms with Gasteiger partial charge in [0.15, 0.2) is 0 Å². The van der Waals surface area contributed by atoms with E-state index in [0.29, 0.717) is 20.4 Å². The molecule has 0 aliphatic rings. The highest BCUT2D eigenvalue weighted by Gasteiger charge is 2.02. The monoisotopic (exact) mass is 271 g/mol. The number of aromatic nitrogens is 2. The molecule has 2 rings (SSSR count). The number of nitrogens with two attached hydrogens (primary N) is 1. The first-order valence-corrected chi connectivity index (χ1v) is 5.54. The maximum atomic E-state index is 5.92. The molecule has 0 atom stereocenters. The van der Waals surface area contributed by atoms with Crippen LogP contribution in [0.3, 0.4) is 0 Å². The van der Waals surface area contributed by atoms with Gasteiger partial charge in [-0.1, -0.05) is 35.4 Å². The summed E-state index contributed by atoms with van der Waals surface area (Å²) >= 11 is 16.9. The first kappa shape index (κ1) is 11.4. The van der Waals surface area contributed by atoms with E-state index in [4.69, 9.17) is 41.2 Å². The second kappa shape index (κ2) is 4.41. The molecule has 1 aromatic heterocycles. The van der Waals surface area contributed by atoms with Gasteiger partial charge in [-0.2, -0.15) is 5.10 Å². The molecular formula is C10H7Cl2N3S. The van der Waals surface area contributed by atoms with Gasteiger partial charge in [-0.25, -0.2) is 4.68 Å². The lowest BCUT2D eigenvalue weighted by atomic mass is 10.3. The fourth-order valence-electron chi connectivity index (χ4n) is 1.23. The second-order valence-electron chi connectivity index (χ2n) is 3.14. The summed E-state index contributed by atoms with van der Waals surface area (Å²) < 4.78 is 2.08. The first-order valence-electron chi connectivity index (χ1n) is 4.38. The zero-order valence-electron chi connectivity index (χ0n) is 8.02. The number of anilines is 1. The van der Waals surface area contributed by atoms with Gasteiger partial charge >= 0.3 is 0 Å². The summed E-state index contributed by atoms with van der Waals surface area (Å²) in [6, 6.07) is 6.83. The molecule has 0 amide bonds. The van der Waals surface area contributed by atoms with Crippen molar-refractivity contribution in [2.45, 2.75) is 0 Å². The standard InChI is InChI=1S/C10H7Cl2N3S/c11-8-2-1-7(4-9(8)12)15-10(16)3-6(13)5-14-15/h1-5H,13H2. The molecule has 0 aliphatic heterocycles. The number of nitrogen functional groups attached to an aromatic ring is 1. The van der Waals surface area contributed by atoms with Gasteiger partial charge in [0.2, 0.25) is 0 Å². The zero-order chi connectivity index (χ0) is 11.7. The second-order valence-corrected chi connectivity index (χ2v) is 4.37. The molecule has 0 saturated heterocycles. The number of nitrogens with zero attached hydrogens (tertiary/aromatic N) is 2. The minimum absolute atomic E-state index is 0.458. The van der Waals surface area contributed by atoms with Crippen LogP contribution in [0.4, 0.5) is 5.69 Å². The summed E-state index contributed by atoms with van der Waals surface area (Å²) in [7, 11) is 0. The first-order chi connectivity index (χ1) is 7.58. The third-order valence-electron chi connectivity index (χ3n) is 1.97. The Balaban J connectivity index is 2.59. The molecule has 0 bridgehead atoms. The molecule has 1 aromatic carbocycles. The number of benzene rings is 1. The van der Waals surface area contributed by atoms with Gasteiger partial charge in [0, 0.05) is 0 Å². The van der Waals surface area contributed by atoms with E-state index in [2.05, 4.69) is 5.10 Å². The molecule has 3 nitrogen and oxygen atoms in total. The predicted octanol–water partition coefficient (Wildman–Crippen LogP) is 3.49. The molecule has 82 valence electrons. The van der Waals surface area contributed by atoms with Crippen molar-refractivity contribution in [3.05, 3.63) is 45.1 Å². The fraction of sp³-hybridized carbons (Fsp3) is 0. The van der Waals surface area contributed by atoms with Crippen molar-refractivity contribution < 1.29 is 0 Å². The van der Waals surface area contributed by atoms with E-state index in [9.17, 15) is 0 Å². The molecule has 6 heteroatoms. The lowest BCUT2D eigenvalue weighted by Gasteiger charge is -2.06. The number of hydrogen-bond donors (Lipinski definition) is 1. The Morgan fingerprint density at radius 1 is 1.19 bits per heavy atom. The molecule has 16 heavy (non-hydrogen) atoms. The molecule has 0 unspecified atom stereocenters. The van der Waals surface area contributed by atoms with Crippen LogP contribution in [-0.2, 0) is 0 Å². The van der Waals surface area contributed by atoms with E-state index < -0.39 is 0 Å². The molecule has 0 saturated carbocycles. The largest absolute Gasteiger partial charge is 0.397 e. The average Bonchev–Trinajstić information content (AvgIpc) is 2.22. The molecule has 2 aromatic rings. The summed E-state index contributed by atoms with van der Waals surface area (Å²) in [6.45, 7) is 0. The molecule has 0 fully saturated rings. The van der Waals surface area contributed by atoms with Crippen molar-refractivity contribution in [2.75, 3.05) is 5.73 Å². The molecule has 0 spiro atoms. The van der Waals surface area contributed by atoms with Crippen LogP contribution in [0.2, 0.25) is 10.0 Å². The summed E-state index contributed by atoms with van der Waals surface area (Å²) in [5, 5.41) is 5.06. The highest BCUT2D eigenvalue weighted by molar-refractivity contribution is 7.71. The third kappa shape index (κ3) is 2.19. The highest BCUT2D eigenvalue weighted by Crippen LogP contribution is 2.24. The molecule has 1 heterocycles. The Hall–Kier alpha value is -1.10. The lowest BCUT2D eigenvalue weighted by molar-refractivity contribution is 0.831. The summed E-state index contributed by atoms with van der Waals surface area (Å²) in [5.74, 6) is 0. The minimum Gasteiger partial charge on any atom is -0.397 e. The quantitative estimate of drug-likeness (QED) is 0.808. The zero-order valence-corrected chi connectivity index (χ0v) is 10.4. The van der Waals surface area contributed by atoms with E-state index in [-0.39, 0.29) is 0 Å². The van der Waals surface area contributed by atoms with Crippen molar-refractivity contribution in [2.24, 2.45) is 0 Å². The Morgan fingerprint density at radius 3 is 2.56 bits per heavy atom. The van der Waals surface area contributed by atoms with Crippen LogP contribution in [0.25, 0.3) is 5.69 Å². The lowest BCUT2D eigenvalue weighted by Crippen LogP contribution is -2.02. The van der Waals surface area contributed by atoms with Gasteiger partial charge in [-0.05, 0) is 24.3 Å². The van der Waals surface area contributed by atoms with Crippen molar-refractivity contribution in [1.82, 2.24) is 9.78 Å². The van der Waals surface area contributed by atoms with Gasteiger partial charge in [0.05, 0.1) is 27.6 Å². The van der Waals surface area contributed by atoms with E-state index in [1.54, 1.807) is 28.9 Å². The maximum absolute atomic E-state index is 5.92. The molecule has 0 aliphatic carbocycles. The number of rotatable bonds is 1. The van der Waals surface area contributed by atoms with Crippen LogP contribution in [0.5, 0.6) is 0 Å². The normalized spacial score (nSPS) is 10.4. The van der Waals surface area contributed by atoms with Gasteiger partial charge in [0.1, 0.15) is 4.64 Å². The minimum atomic E-state index is 0.458. The van der Waals surface area contributed by atoms with Crippen LogP contribution in [0, 0.1) is 4.64 Å². The molecule has 0 radical (unpaired) electrons. The number of halogens is 2. The Bertz CT molecular complexity index is 595. The summed E-state index contributed by atoms with van der Waals surface area (Å²) in [5.41, 5.74) is 6.85. The van der Waals surface area contributed by atoms with Gasteiger partial charge in [0.25, 0.3) is 0 Å². The molecular weight excluding hydrogens is 265 g/mol. The van der Waals surface area contributed by atoms with Gasteiger partial charge in [-0.15, -0.1) is 0 Å². The smallest absolute Gasteiger partial charge is 0.130 e. The highest BCUT2D eigenvalue weighted by atomic mass is 35.5. The maximum Gasteiger partial charge on any atom is 0.130 e. The Labute approximate surface area is 107 Å². The van der Waals surface area contributed by atoms with Crippen molar-refractivity contribution >= 4 is 41.1 Å². The van der Waals surface area contributed by atoms with Crippen LogP contribution in [0.15, 0.2) is 30.5 Å². The van der Waals surface area contributed by atoms with Crippen LogP contribution >= 0.6 is 35.4 Å². The van der Waals surface area contributed by atoms with E-state index in [1.165, 1.54) is 6.20 Å². The SMILES string of the molecule is Nc1cnn(-c2ccc(Cl)c(Cl)c2)c(=S)c1. The molecule has 2 N–H and O–H groups in total. The number of hydrogen-bond acceptors (Lipinski definition) is 3. The fourth-order valence-corrected chi connectivity index (χ4v) is 1.81. The average molecular weight is 272 g/mol. The van der Waals surface area contributed by atoms with Crippen LogP contribution in [0.1, 0.15) is 0 Å². The third-order valence-corrected chi connectivity index (χ3v) is 3.00. The predicted molar refractivity (Wildman–Crippen MR) is 68.8 cm³/mol. The van der Waals surface area contributed by atoms with Crippen molar-refractivity contribution in [3.63, 3.8) is 0 Å². The summed E-state index contributed by atoms with van der Waals surface area (Å²) in [4.78, 5) is 0. The van der Waals surface area contributed by atoms with E-state index in [1.807, 2.05) is 0 Å². The van der Waals surface area contributed by atoms with E-state index in [0.717, 1.165) is 5.69 Å². The van der Waals surface area contributed by atoms with Crippen LogP contribution < -0.4 is 5.73 Å². The Kier molecular flexibility index (Phi) is 3.14. The Morgan fingerprint density at radius 2 is 1.94 bits per heavy atom. The van der Waals surface area contributed by atoms with Gasteiger partial charge < -0.3 is 5.73 Å². The summed E-state index contributed by atoms with van der Waals surface area (Å²) in [6.07, 6.45) is 1.53. The van der Waals surface area contributed by atoms with Crippen LogP contribution in [-0.4, -0.2) is 9.78 Å². The van der Waals surface area contributed by atoms with E-state index >= 15 is 0 Å². The van der Waals surface area contributed by atoms with Gasteiger partial charge in [-0.3, -0.25) is 0 Å². The van der Waals surface area contributed by atoms with Crippen molar-refractivity contribution in [1.29, 1.82) is 0 Å².